The number of hydrogen-bond donors (Lipinski definition) is 3. The van der Waals surface area contributed by atoms with E-state index in [1.165, 1.54) is 31.2 Å². The largest absolute Gasteiger partial charge is 0.480 e. The minimum absolute atomic E-state index is 0.0701. The molecule has 1 atom stereocenters. The fourth-order valence-corrected chi connectivity index (χ4v) is 4.22. The smallest absolute Gasteiger partial charge is 0.416 e. The van der Waals surface area contributed by atoms with Crippen molar-refractivity contribution in [1.29, 1.82) is 0 Å². The lowest BCUT2D eigenvalue weighted by Crippen LogP contribution is -2.42. The van der Waals surface area contributed by atoms with Crippen LogP contribution in [0.5, 0.6) is 0 Å². The quantitative estimate of drug-likeness (QED) is 0.231. The van der Waals surface area contributed by atoms with Crippen LogP contribution in [0.2, 0.25) is 0 Å². The van der Waals surface area contributed by atoms with Crippen LogP contribution in [0, 0.1) is 0 Å². The molecule has 0 aliphatic rings. The summed E-state index contributed by atoms with van der Waals surface area (Å²) in [6.45, 7) is 1.91. The molecule has 3 N–H and O–H groups in total. The summed E-state index contributed by atoms with van der Waals surface area (Å²) < 4.78 is 38.4. The Morgan fingerprint density at radius 2 is 1.15 bits per heavy atom. The number of carbonyl (C=O) groups is 3. The van der Waals surface area contributed by atoms with Crippen LogP contribution in [0.4, 0.5) is 13.2 Å². The van der Waals surface area contributed by atoms with Gasteiger partial charge < -0.3 is 15.7 Å². The molecule has 4 aromatic rings. The van der Waals surface area contributed by atoms with Crippen molar-refractivity contribution in [2.45, 2.75) is 32.1 Å². The number of carbonyl (C=O) groups excluding carboxylic acids is 2. The van der Waals surface area contributed by atoms with Crippen LogP contribution >= 0.6 is 0 Å². The predicted molar refractivity (Wildman–Crippen MR) is 149 cm³/mol. The minimum Gasteiger partial charge on any atom is -0.480 e. The molecule has 0 heterocycles. The van der Waals surface area contributed by atoms with Crippen molar-refractivity contribution >= 4 is 17.8 Å². The van der Waals surface area contributed by atoms with Gasteiger partial charge in [-0.2, -0.15) is 13.2 Å². The zero-order chi connectivity index (χ0) is 29.6. The van der Waals surface area contributed by atoms with Gasteiger partial charge in [0.1, 0.15) is 6.04 Å². The van der Waals surface area contributed by atoms with E-state index in [9.17, 15) is 32.7 Å². The number of halogens is 3. The Balaban J connectivity index is 1.38. The number of aliphatic carboxylic acids is 1. The van der Waals surface area contributed by atoms with Crippen molar-refractivity contribution in [2.75, 3.05) is 0 Å². The van der Waals surface area contributed by atoms with Crippen molar-refractivity contribution in [3.05, 3.63) is 119 Å². The summed E-state index contributed by atoms with van der Waals surface area (Å²) >= 11 is 0. The fraction of sp³-hybridized carbons (Fsp3) is 0.156. The highest BCUT2D eigenvalue weighted by Gasteiger charge is 2.30. The van der Waals surface area contributed by atoms with Gasteiger partial charge in [0.15, 0.2) is 0 Å². The van der Waals surface area contributed by atoms with Crippen molar-refractivity contribution in [2.24, 2.45) is 0 Å². The van der Waals surface area contributed by atoms with Crippen LogP contribution < -0.4 is 10.6 Å². The van der Waals surface area contributed by atoms with Crippen LogP contribution in [-0.4, -0.2) is 28.9 Å². The Hall–Kier alpha value is -4.92. The second-order valence-electron chi connectivity index (χ2n) is 9.52. The molecule has 2 amide bonds. The number of nitrogens with one attached hydrogen (secondary N) is 2. The third-order valence-electron chi connectivity index (χ3n) is 6.52. The zero-order valence-corrected chi connectivity index (χ0v) is 22.0. The van der Waals surface area contributed by atoms with Gasteiger partial charge in [-0.25, -0.2) is 4.79 Å². The number of benzene rings is 4. The summed E-state index contributed by atoms with van der Waals surface area (Å²) in [4.78, 5) is 35.8. The van der Waals surface area contributed by atoms with Gasteiger partial charge in [-0.3, -0.25) is 9.59 Å². The molecule has 0 unspecified atom stereocenters. The van der Waals surface area contributed by atoms with E-state index in [1.54, 1.807) is 12.1 Å². The molecule has 0 saturated carbocycles. The molecule has 0 radical (unpaired) electrons. The van der Waals surface area contributed by atoms with Crippen LogP contribution in [0.15, 0.2) is 97.1 Å². The van der Waals surface area contributed by atoms with E-state index in [-0.39, 0.29) is 17.9 Å². The molecule has 6 nitrogen and oxygen atoms in total. The predicted octanol–water partition coefficient (Wildman–Crippen LogP) is 6.10. The minimum atomic E-state index is -4.42. The number of carboxylic acid groups (broad SMARTS) is 1. The average Bonchev–Trinajstić information content (AvgIpc) is 2.96. The van der Waals surface area contributed by atoms with Crippen molar-refractivity contribution in [3.8, 4) is 22.3 Å². The maximum Gasteiger partial charge on any atom is 0.416 e. The molecule has 9 heteroatoms. The lowest BCUT2D eigenvalue weighted by atomic mass is 9.99. The molecule has 0 saturated heterocycles. The van der Waals surface area contributed by atoms with Gasteiger partial charge in [0, 0.05) is 25.5 Å². The lowest BCUT2D eigenvalue weighted by molar-refractivity contribution is -0.139. The molecule has 4 rings (SSSR count). The third-order valence-corrected chi connectivity index (χ3v) is 6.52. The van der Waals surface area contributed by atoms with Crippen molar-refractivity contribution in [3.63, 3.8) is 0 Å². The van der Waals surface area contributed by atoms with Crippen LogP contribution in [0.3, 0.4) is 0 Å². The Morgan fingerprint density at radius 1 is 0.707 bits per heavy atom. The number of rotatable bonds is 9. The van der Waals surface area contributed by atoms with Gasteiger partial charge in [-0.1, -0.05) is 72.8 Å². The molecule has 0 bridgehead atoms. The maximum atomic E-state index is 12.8. The van der Waals surface area contributed by atoms with Crippen molar-refractivity contribution in [1.82, 2.24) is 10.6 Å². The van der Waals surface area contributed by atoms with E-state index >= 15 is 0 Å². The first kappa shape index (κ1) is 29.1. The van der Waals surface area contributed by atoms with Gasteiger partial charge in [0.2, 0.25) is 5.91 Å². The number of amides is 2. The Morgan fingerprint density at radius 3 is 1.59 bits per heavy atom. The van der Waals surface area contributed by atoms with E-state index in [0.717, 1.165) is 34.4 Å². The maximum absolute atomic E-state index is 12.8. The molecular weight excluding hydrogens is 533 g/mol. The van der Waals surface area contributed by atoms with Gasteiger partial charge in [0.05, 0.1) is 5.56 Å². The molecule has 41 heavy (non-hydrogen) atoms. The second-order valence-corrected chi connectivity index (χ2v) is 9.52. The number of hydrogen-bond acceptors (Lipinski definition) is 3. The van der Waals surface area contributed by atoms with E-state index in [2.05, 4.69) is 10.6 Å². The highest BCUT2D eigenvalue weighted by Crippen LogP contribution is 2.31. The highest BCUT2D eigenvalue weighted by atomic mass is 19.4. The van der Waals surface area contributed by atoms with Crippen LogP contribution in [-0.2, 0) is 28.7 Å². The molecule has 4 aromatic carbocycles. The molecule has 0 aliphatic heterocycles. The summed E-state index contributed by atoms with van der Waals surface area (Å²) in [7, 11) is 0. The van der Waals surface area contributed by atoms with Crippen LogP contribution in [0.25, 0.3) is 22.3 Å². The molecule has 0 fully saturated rings. The monoisotopic (exact) mass is 560 g/mol. The Labute approximate surface area is 234 Å². The van der Waals surface area contributed by atoms with Gasteiger partial charge in [-0.15, -0.1) is 0 Å². The second kappa shape index (κ2) is 12.5. The van der Waals surface area contributed by atoms with E-state index in [1.807, 2.05) is 48.5 Å². The highest BCUT2D eigenvalue weighted by molar-refractivity contribution is 5.97. The summed E-state index contributed by atoms with van der Waals surface area (Å²) in [5.41, 5.74) is 4.24. The first-order valence-corrected chi connectivity index (χ1v) is 12.7. The van der Waals surface area contributed by atoms with E-state index < -0.39 is 29.7 Å². The standard InChI is InChI=1S/C32H27F3N2O4/c1-20(38)36-19-22-4-8-24(9-5-22)23-6-2-21(3-7-23)18-29(31(40)41)37-30(39)27-12-10-25(11-13-27)26-14-16-28(17-15-26)32(33,34)35/h2-17,29H,18-19H2,1H3,(H,36,38)(H,37,39)(H,40,41)/t29-/m0/s1. The van der Waals surface area contributed by atoms with Gasteiger partial charge in [0.25, 0.3) is 5.91 Å². The Bertz CT molecular complexity index is 1510. The molecular formula is C32H27F3N2O4. The lowest BCUT2D eigenvalue weighted by Gasteiger charge is -2.15. The zero-order valence-electron chi connectivity index (χ0n) is 22.0. The fourth-order valence-electron chi connectivity index (χ4n) is 4.22. The van der Waals surface area contributed by atoms with Gasteiger partial charge in [-0.05, 0) is 57.6 Å². The summed E-state index contributed by atoms with van der Waals surface area (Å²) in [6, 6.07) is 24.8. The molecule has 0 aromatic heterocycles. The van der Waals surface area contributed by atoms with E-state index in [0.29, 0.717) is 17.7 Å². The normalized spacial score (nSPS) is 11.9. The number of alkyl halides is 3. The summed E-state index contributed by atoms with van der Waals surface area (Å²) in [5.74, 6) is -1.86. The first-order valence-electron chi connectivity index (χ1n) is 12.7. The van der Waals surface area contributed by atoms with Crippen molar-refractivity contribution < 1.29 is 32.7 Å². The first-order chi connectivity index (χ1) is 19.5. The summed E-state index contributed by atoms with van der Waals surface area (Å²) in [5, 5.41) is 15.0. The van der Waals surface area contributed by atoms with E-state index in [4.69, 9.17) is 0 Å². The average molecular weight is 561 g/mol. The van der Waals surface area contributed by atoms with Crippen LogP contribution in [0.1, 0.15) is 34.0 Å². The topological polar surface area (TPSA) is 95.5 Å². The van der Waals surface area contributed by atoms with Gasteiger partial charge >= 0.3 is 12.1 Å². The molecule has 0 spiro atoms. The third kappa shape index (κ3) is 7.82. The molecule has 0 aliphatic carbocycles. The molecule has 210 valence electrons. The summed E-state index contributed by atoms with van der Waals surface area (Å²) in [6.07, 6.45) is -4.35. The number of carboxylic acids is 1. The SMILES string of the molecule is CC(=O)NCc1ccc(-c2ccc(C[C@H](NC(=O)c3ccc(-c4ccc(C(F)(F)F)cc4)cc3)C(=O)O)cc2)cc1. The Kier molecular flexibility index (Phi) is 8.87.